The summed E-state index contributed by atoms with van der Waals surface area (Å²) in [5, 5.41) is 12.4. The number of carbonyl (C=O) groups is 1. The number of carboxylic acid groups (broad SMARTS) is 1. The third kappa shape index (κ3) is 1.32. The molecular weight excluding hydrogens is 218 g/mol. The fourth-order valence-corrected chi connectivity index (χ4v) is 2.24. The van der Waals surface area contributed by atoms with E-state index in [-0.39, 0.29) is 11.7 Å². The van der Waals surface area contributed by atoms with Gasteiger partial charge in [-0.1, -0.05) is 12.1 Å². The van der Waals surface area contributed by atoms with Crippen LogP contribution in [0, 0.1) is 0 Å². The molecule has 2 heterocycles. The number of nitrogens with zero attached hydrogens (tertiary/aromatic N) is 2. The Bertz CT molecular complexity index is 604. The number of rotatable bonds is 1. The minimum Gasteiger partial charge on any atom is -0.476 e. The highest BCUT2D eigenvalue weighted by Crippen LogP contribution is 2.34. The van der Waals surface area contributed by atoms with Crippen molar-refractivity contribution in [3.05, 3.63) is 42.0 Å². The van der Waals surface area contributed by atoms with Crippen molar-refractivity contribution in [2.75, 3.05) is 5.32 Å². The largest absolute Gasteiger partial charge is 0.476 e. The summed E-state index contributed by atoms with van der Waals surface area (Å²) in [6.07, 6.45) is 1.56. The fourth-order valence-electron chi connectivity index (χ4n) is 2.24. The van der Waals surface area contributed by atoms with Gasteiger partial charge in [0.25, 0.3) is 0 Å². The van der Waals surface area contributed by atoms with Crippen molar-refractivity contribution in [2.24, 2.45) is 0 Å². The van der Waals surface area contributed by atoms with Crippen LogP contribution < -0.4 is 5.32 Å². The van der Waals surface area contributed by atoms with Gasteiger partial charge >= 0.3 is 5.97 Å². The van der Waals surface area contributed by atoms with Crippen LogP contribution in [0.15, 0.2) is 30.6 Å². The molecule has 1 aliphatic rings. The summed E-state index contributed by atoms with van der Waals surface area (Å²) in [6, 6.07) is 7.69. The van der Waals surface area contributed by atoms with Gasteiger partial charge in [-0.15, -0.1) is 0 Å². The number of hydrogen-bond acceptors (Lipinski definition) is 3. The second-order valence-electron chi connectivity index (χ2n) is 4.04. The molecule has 0 radical (unpaired) electrons. The smallest absolute Gasteiger partial charge is 0.356 e. The Labute approximate surface area is 97.7 Å². The van der Waals surface area contributed by atoms with Crippen molar-refractivity contribution in [3.63, 3.8) is 0 Å². The molecular formula is C12H11N3O2. The first-order valence-corrected chi connectivity index (χ1v) is 5.35. The zero-order valence-electron chi connectivity index (χ0n) is 9.21. The van der Waals surface area contributed by atoms with E-state index < -0.39 is 5.97 Å². The number of para-hydroxylation sites is 2. The first-order valence-electron chi connectivity index (χ1n) is 5.35. The number of nitrogens with one attached hydrogen (secondary N) is 1. The van der Waals surface area contributed by atoms with Crippen LogP contribution in [0.2, 0.25) is 0 Å². The summed E-state index contributed by atoms with van der Waals surface area (Å²) in [4.78, 5) is 15.1. The second-order valence-corrected chi connectivity index (χ2v) is 4.04. The van der Waals surface area contributed by atoms with Crippen LogP contribution in [-0.2, 0) is 0 Å². The van der Waals surface area contributed by atoms with Crippen molar-refractivity contribution in [1.82, 2.24) is 9.55 Å². The van der Waals surface area contributed by atoms with Crippen LogP contribution in [0.1, 0.15) is 29.1 Å². The minimum atomic E-state index is -0.994. The van der Waals surface area contributed by atoms with Gasteiger partial charge in [0.1, 0.15) is 6.33 Å². The number of anilines is 1. The van der Waals surface area contributed by atoms with Crippen molar-refractivity contribution >= 4 is 11.7 Å². The maximum absolute atomic E-state index is 11.1. The van der Waals surface area contributed by atoms with Gasteiger partial charge in [0.15, 0.2) is 5.69 Å². The molecule has 1 aromatic heterocycles. The van der Waals surface area contributed by atoms with E-state index >= 15 is 0 Å². The number of imidazole rings is 1. The van der Waals surface area contributed by atoms with E-state index in [4.69, 9.17) is 5.11 Å². The Morgan fingerprint density at radius 3 is 3.00 bits per heavy atom. The first kappa shape index (κ1) is 9.89. The predicted molar refractivity (Wildman–Crippen MR) is 62.6 cm³/mol. The van der Waals surface area contributed by atoms with Crippen LogP contribution in [0.3, 0.4) is 0 Å². The SMILES string of the molecule is C[C@@H]1Nc2ccccc2-n2cnc(C(=O)O)c21. The molecule has 5 heteroatoms. The standard InChI is InChI=1S/C12H11N3O2/c1-7-11-10(12(16)17)13-6-15(11)9-5-3-2-4-8(9)14-7/h2-7,14H,1H3,(H,16,17)/t7-/m0/s1. The normalized spacial score (nSPS) is 16.9. The Balaban J connectivity index is 2.27. The molecule has 2 N–H and O–H groups in total. The Kier molecular flexibility index (Phi) is 1.95. The second kappa shape index (κ2) is 3.35. The van der Waals surface area contributed by atoms with E-state index in [2.05, 4.69) is 10.3 Å². The Morgan fingerprint density at radius 1 is 1.47 bits per heavy atom. The van der Waals surface area contributed by atoms with Gasteiger partial charge in [-0.3, -0.25) is 4.57 Å². The lowest BCUT2D eigenvalue weighted by molar-refractivity contribution is 0.0689. The molecule has 2 aromatic rings. The average Bonchev–Trinajstić information content (AvgIpc) is 2.74. The molecule has 1 aliphatic heterocycles. The van der Waals surface area contributed by atoms with Crippen molar-refractivity contribution in [3.8, 4) is 5.69 Å². The van der Waals surface area contributed by atoms with Crippen molar-refractivity contribution < 1.29 is 9.90 Å². The molecule has 0 spiro atoms. The molecule has 0 aliphatic carbocycles. The highest BCUT2D eigenvalue weighted by molar-refractivity contribution is 5.88. The van der Waals surface area contributed by atoms with E-state index in [0.717, 1.165) is 11.4 Å². The van der Waals surface area contributed by atoms with Crippen LogP contribution in [0.4, 0.5) is 5.69 Å². The zero-order chi connectivity index (χ0) is 12.0. The van der Waals surface area contributed by atoms with E-state index in [1.807, 2.05) is 35.8 Å². The fraction of sp³-hybridized carbons (Fsp3) is 0.167. The maximum atomic E-state index is 11.1. The molecule has 17 heavy (non-hydrogen) atoms. The number of benzene rings is 1. The number of fused-ring (bicyclic) bond motifs is 3. The van der Waals surface area contributed by atoms with Gasteiger partial charge in [-0.05, 0) is 19.1 Å². The predicted octanol–water partition coefficient (Wildman–Crippen LogP) is 2.06. The summed E-state index contributed by atoms with van der Waals surface area (Å²) in [5.41, 5.74) is 2.72. The van der Waals surface area contributed by atoms with Gasteiger partial charge in [0, 0.05) is 0 Å². The Morgan fingerprint density at radius 2 is 2.24 bits per heavy atom. The van der Waals surface area contributed by atoms with Crippen LogP contribution in [0.25, 0.3) is 5.69 Å². The molecule has 1 atom stereocenters. The van der Waals surface area contributed by atoms with Gasteiger partial charge in [0.2, 0.25) is 0 Å². The Hall–Kier alpha value is -2.30. The summed E-state index contributed by atoms with van der Waals surface area (Å²) < 4.78 is 1.83. The lowest BCUT2D eigenvalue weighted by atomic mass is 10.1. The monoisotopic (exact) mass is 229 g/mol. The van der Waals surface area contributed by atoms with Crippen LogP contribution >= 0.6 is 0 Å². The molecule has 86 valence electrons. The maximum Gasteiger partial charge on any atom is 0.356 e. The van der Waals surface area contributed by atoms with Crippen LogP contribution in [-0.4, -0.2) is 20.6 Å². The molecule has 5 nitrogen and oxygen atoms in total. The summed E-state index contributed by atoms with van der Waals surface area (Å²) in [6.45, 7) is 1.93. The molecule has 0 amide bonds. The molecule has 0 unspecified atom stereocenters. The molecule has 0 fully saturated rings. The van der Waals surface area contributed by atoms with Gasteiger partial charge in [-0.2, -0.15) is 0 Å². The summed E-state index contributed by atoms with van der Waals surface area (Å²) in [7, 11) is 0. The molecule has 0 saturated carbocycles. The van der Waals surface area contributed by atoms with Crippen LogP contribution in [0.5, 0.6) is 0 Å². The summed E-state index contributed by atoms with van der Waals surface area (Å²) in [5.74, 6) is -0.994. The molecule has 3 rings (SSSR count). The molecule has 0 saturated heterocycles. The third-order valence-electron chi connectivity index (χ3n) is 2.95. The number of aromatic carboxylic acids is 1. The number of hydrogen-bond donors (Lipinski definition) is 2. The minimum absolute atomic E-state index is 0.0708. The third-order valence-corrected chi connectivity index (χ3v) is 2.95. The van der Waals surface area contributed by atoms with E-state index in [0.29, 0.717) is 5.69 Å². The highest BCUT2D eigenvalue weighted by atomic mass is 16.4. The van der Waals surface area contributed by atoms with Gasteiger partial charge in [0.05, 0.1) is 23.1 Å². The zero-order valence-corrected chi connectivity index (χ0v) is 9.21. The van der Waals surface area contributed by atoms with E-state index in [9.17, 15) is 4.79 Å². The lowest BCUT2D eigenvalue weighted by Gasteiger charge is -2.26. The van der Waals surface area contributed by atoms with E-state index in [1.165, 1.54) is 0 Å². The van der Waals surface area contributed by atoms with Crippen molar-refractivity contribution in [1.29, 1.82) is 0 Å². The topological polar surface area (TPSA) is 67.2 Å². The lowest BCUT2D eigenvalue weighted by Crippen LogP contribution is -2.21. The van der Waals surface area contributed by atoms with Crippen molar-refractivity contribution in [2.45, 2.75) is 13.0 Å². The quantitative estimate of drug-likeness (QED) is 0.785. The highest BCUT2D eigenvalue weighted by Gasteiger charge is 2.27. The summed E-state index contributed by atoms with van der Waals surface area (Å²) >= 11 is 0. The first-order chi connectivity index (χ1) is 8.18. The van der Waals surface area contributed by atoms with Gasteiger partial charge in [-0.25, -0.2) is 9.78 Å². The molecule has 1 aromatic carbocycles. The van der Waals surface area contributed by atoms with E-state index in [1.54, 1.807) is 6.33 Å². The average molecular weight is 229 g/mol. The number of aromatic nitrogens is 2. The number of carboxylic acids is 1. The van der Waals surface area contributed by atoms with Gasteiger partial charge < -0.3 is 10.4 Å². The molecule has 0 bridgehead atoms.